The molecule has 3 heterocycles. The molecule has 0 bridgehead atoms. The van der Waals surface area contributed by atoms with Crippen molar-refractivity contribution in [3.05, 3.63) is 0 Å². The topological polar surface area (TPSA) is 99.2 Å². The van der Waals surface area contributed by atoms with Gasteiger partial charge in [-0.2, -0.15) is 0 Å². The SMILES string of the molecule is O=C1C[C@H](C(=O)O)C2(CCN(C(=O)CCN3CCOCC3)CC2)N1. The summed E-state index contributed by atoms with van der Waals surface area (Å²) < 4.78 is 5.29. The zero-order valence-corrected chi connectivity index (χ0v) is 13.8. The highest BCUT2D eigenvalue weighted by molar-refractivity contribution is 5.88. The first-order chi connectivity index (χ1) is 11.5. The number of hydrogen-bond donors (Lipinski definition) is 2. The molecule has 0 aromatic rings. The summed E-state index contributed by atoms with van der Waals surface area (Å²) in [5.41, 5.74) is -0.677. The highest BCUT2D eigenvalue weighted by atomic mass is 16.5. The molecule has 8 nitrogen and oxygen atoms in total. The molecule has 8 heteroatoms. The molecule has 0 aliphatic carbocycles. The van der Waals surface area contributed by atoms with E-state index >= 15 is 0 Å². The van der Waals surface area contributed by atoms with Gasteiger partial charge >= 0.3 is 5.97 Å². The Kier molecular flexibility index (Phi) is 5.05. The van der Waals surface area contributed by atoms with Gasteiger partial charge in [-0.15, -0.1) is 0 Å². The van der Waals surface area contributed by atoms with Gasteiger partial charge in [-0.25, -0.2) is 0 Å². The van der Waals surface area contributed by atoms with E-state index in [-0.39, 0.29) is 18.2 Å². The number of amides is 2. The lowest BCUT2D eigenvalue weighted by molar-refractivity contribution is -0.145. The zero-order valence-electron chi connectivity index (χ0n) is 13.8. The van der Waals surface area contributed by atoms with E-state index in [9.17, 15) is 19.5 Å². The fourth-order valence-corrected chi connectivity index (χ4v) is 3.99. The van der Waals surface area contributed by atoms with Crippen LogP contribution < -0.4 is 5.32 Å². The molecule has 3 saturated heterocycles. The van der Waals surface area contributed by atoms with Gasteiger partial charge < -0.3 is 20.1 Å². The molecule has 1 atom stereocenters. The van der Waals surface area contributed by atoms with Gasteiger partial charge in [-0.05, 0) is 12.8 Å². The number of morpholine rings is 1. The fourth-order valence-electron chi connectivity index (χ4n) is 3.99. The molecule has 2 amide bonds. The summed E-state index contributed by atoms with van der Waals surface area (Å²) in [6, 6.07) is 0. The van der Waals surface area contributed by atoms with Crippen molar-refractivity contribution in [2.45, 2.75) is 31.2 Å². The van der Waals surface area contributed by atoms with Crippen molar-refractivity contribution >= 4 is 17.8 Å². The van der Waals surface area contributed by atoms with Gasteiger partial charge in [0.05, 0.1) is 24.7 Å². The van der Waals surface area contributed by atoms with Gasteiger partial charge in [0, 0.05) is 45.6 Å². The summed E-state index contributed by atoms with van der Waals surface area (Å²) in [6.45, 7) is 4.91. The van der Waals surface area contributed by atoms with Crippen molar-refractivity contribution in [2.75, 3.05) is 45.9 Å². The molecule has 3 fully saturated rings. The number of carboxylic acids is 1. The van der Waals surface area contributed by atoms with Crippen molar-refractivity contribution in [3.63, 3.8) is 0 Å². The summed E-state index contributed by atoms with van der Waals surface area (Å²) in [7, 11) is 0. The molecule has 24 heavy (non-hydrogen) atoms. The molecule has 3 aliphatic rings. The Labute approximate surface area is 141 Å². The molecule has 0 aromatic carbocycles. The summed E-state index contributed by atoms with van der Waals surface area (Å²) in [4.78, 5) is 39.5. The summed E-state index contributed by atoms with van der Waals surface area (Å²) >= 11 is 0. The Bertz CT molecular complexity index is 510. The molecule has 3 aliphatic heterocycles. The lowest BCUT2D eigenvalue weighted by Gasteiger charge is -2.41. The van der Waals surface area contributed by atoms with E-state index in [0.29, 0.717) is 32.4 Å². The monoisotopic (exact) mass is 339 g/mol. The number of ether oxygens (including phenoxy) is 1. The second kappa shape index (κ2) is 7.06. The molecule has 2 N–H and O–H groups in total. The van der Waals surface area contributed by atoms with Crippen LogP contribution in [0.3, 0.4) is 0 Å². The van der Waals surface area contributed by atoms with Gasteiger partial charge in [-0.1, -0.05) is 0 Å². The van der Waals surface area contributed by atoms with Crippen LogP contribution in [0.2, 0.25) is 0 Å². The van der Waals surface area contributed by atoms with Crippen LogP contribution in [0.4, 0.5) is 0 Å². The van der Waals surface area contributed by atoms with E-state index in [0.717, 1.165) is 32.8 Å². The third-order valence-corrected chi connectivity index (χ3v) is 5.50. The lowest BCUT2D eigenvalue weighted by atomic mass is 9.77. The number of hydrogen-bond acceptors (Lipinski definition) is 5. The number of carbonyl (C=O) groups is 3. The second-order valence-electron chi connectivity index (χ2n) is 6.88. The molecule has 134 valence electrons. The number of carbonyl (C=O) groups excluding carboxylic acids is 2. The first-order valence-electron chi connectivity index (χ1n) is 8.62. The van der Waals surface area contributed by atoms with Crippen LogP contribution in [0, 0.1) is 5.92 Å². The minimum absolute atomic E-state index is 0.0420. The molecule has 0 unspecified atom stereocenters. The maximum Gasteiger partial charge on any atom is 0.309 e. The average Bonchev–Trinajstić information content (AvgIpc) is 2.90. The van der Waals surface area contributed by atoms with Crippen molar-refractivity contribution < 1.29 is 24.2 Å². The number of likely N-dealkylation sites (tertiary alicyclic amines) is 1. The van der Waals surface area contributed by atoms with Crippen LogP contribution in [-0.2, 0) is 19.1 Å². The maximum absolute atomic E-state index is 12.4. The van der Waals surface area contributed by atoms with Gasteiger partial charge in [0.25, 0.3) is 0 Å². The lowest BCUT2D eigenvalue weighted by Crippen LogP contribution is -2.56. The number of carboxylic acid groups (broad SMARTS) is 1. The number of nitrogens with zero attached hydrogens (tertiary/aromatic N) is 2. The maximum atomic E-state index is 12.4. The fraction of sp³-hybridized carbons (Fsp3) is 0.812. The van der Waals surface area contributed by atoms with E-state index in [1.807, 2.05) is 0 Å². The van der Waals surface area contributed by atoms with Gasteiger partial charge in [0.15, 0.2) is 0 Å². The van der Waals surface area contributed by atoms with Crippen molar-refractivity contribution in [2.24, 2.45) is 5.92 Å². The summed E-state index contributed by atoms with van der Waals surface area (Å²) in [6.07, 6.45) is 1.54. The zero-order chi connectivity index (χ0) is 17.2. The van der Waals surface area contributed by atoms with Crippen LogP contribution in [0.15, 0.2) is 0 Å². The van der Waals surface area contributed by atoms with Gasteiger partial charge in [-0.3, -0.25) is 19.3 Å². The molecule has 0 radical (unpaired) electrons. The Morgan fingerprint density at radius 2 is 1.88 bits per heavy atom. The van der Waals surface area contributed by atoms with E-state index in [4.69, 9.17) is 4.74 Å². The van der Waals surface area contributed by atoms with Crippen molar-refractivity contribution in [3.8, 4) is 0 Å². The van der Waals surface area contributed by atoms with Crippen LogP contribution in [-0.4, -0.2) is 84.2 Å². The molecular weight excluding hydrogens is 314 g/mol. The Morgan fingerprint density at radius 3 is 2.50 bits per heavy atom. The summed E-state index contributed by atoms with van der Waals surface area (Å²) in [5.74, 6) is -1.71. The average molecular weight is 339 g/mol. The molecule has 3 rings (SSSR count). The van der Waals surface area contributed by atoms with Crippen molar-refractivity contribution in [1.82, 2.24) is 15.1 Å². The Balaban J connectivity index is 1.50. The molecule has 0 saturated carbocycles. The number of piperidine rings is 1. The van der Waals surface area contributed by atoms with Crippen molar-refractivity contribution in [1.29, 1.82) is 0 Å². The summed E-state index contributed by atoms with van der Waals surface area (Å²) in [5, 5.41) is 12.2. The number of nitrogens with one attached hydrogen (secondary N) is 1. The standard InChI is InChI=1S/C16H25N3O5/c20-13-11-12(15(22)23)16(17-13)2-5-19(6-3-16)14(21)1-4-18-7-9-24-10-8-18/h12H,1-11H2,(H,17,20)(H,22,23)/t12-/m1/s1. The van der Waals surface area contributed by atoms with E-state index in [1.165, 1.54) is 0 Å². The third-order valence-electron chi connectivity index (χ3n) is 5.50. The van der Waals surface area contributed by atoms with Gasteiger partial charge in [0.2, 0.25) is 11.8 Å². The smallest absolute Gasteiger partial charge is 0.309 e. The largest absolute Gasteiger partial charge is 0.481 e. The van der Waals surface area contributed by atoms with Crippen LogP contribution in [0.5, 0.6) is 0 Å². The third kappa shape index (κ3) is 3.54. The molecule has 0 aromatic heterocycles. The predicted octanol–water partition coefficient (Wildman–Crippen LogP) is -0.709. The first kappa shape index (κ1) is 17.2. The Hall–Kier alpha value is -1.67. The molecule has 1 spiro atoms. The van der Waals surface area contributed by atoms with Gasteiger partial charge in [0.1, 0.15) is 0 Å². The normalized spacial score (nSPS) is 27.2. The van der Waals surface area contributed by atoms with E-state index < -0.39 is 17.4 Å². The minimum atomic E-state index is -0.930. The van der Waals surface area contributed by atoms with Crippen LogP contribution >= 0.6 is 0 Å². The minimum Gasteiger partial charge on any atom is -0.481 e. The number of aliphatic carboxylic acids is 1. The second-order valence-corrected chi connectivity index (χ2v) is 6.88. The first-order valence-corrected chi connectivity index (χ1v) is 8.62. The van der Waals surface area contributed by atoms with Crippen LogP contribution in [0.1, 0.15) is 25.7 Å². The van der Waals surface area contributed by atoms with Crippen LogP contribution in [0.25, 0.3) is 0 Å². The highest BCUT2D eigenvalue weighted by Gasteiger charge is 2.51. The molecular formula is C16H25N3O5. The quantitative estimate of drug-likeness (QED) is 0.702. The Morgan fingerprint density at radius 1 is 1.21 bits per heavy atom. The predicted molar refractivity (Wildman–Crippen MR) is 84.3 cm³/mol. The van der Waals surface area contributed by atoms with E-state index in [2.05, 4.69) is 10.2 Å². The highest BCUT2D eigenvalue weighted by Crippen LogP contribution is 2.37. The van der Waals surface area contributed by atoms with E-state index in [1.54, 1.807) is 4.90 Å². The number of rotatable bonds is 4.